The van der Waals surface area contributed by atoms with E-state index in [4.69, 9.17) is 11.2 Å². The quantitative estimate of drug-likeness (QED) is 0.837. The Hall–Kier alpha value is -2.19. The lowest BCUT2D eigenvalue weighted by atomic mass is 10.1. The molecule has 0 aliphatic carbocycles. The van der Waals surface area contributed by atoms with Gasteiger partial charge >= 0.3 is 6.03 Å². The van der Waals surface area contributed by atoms with Gasteiger partial charge in [-0.25, -0.2) is 4.79 Å². The number of anilines is 1. The van der Waals surface area contributed by atoms with Gasteiger partial charge in [-0.2, -0.15) is 0 Å². The number of urea groups is 1. The Morgan fingerprint density at radius 1 is 1.24 bits per heavy atom. The minimum atomic E-state index is -0.0575. The van der Waals surface area contributed by atoms with Crippen molar-refractivity contribution in [1.29, 1.82) is 0 Å². The number of carbonyl (C=O) groups excluding carboxylic acids is 1. The summed E-state index contributed by atoms with van der Waals surface area (Å²) in [5, 5.41) is 2.97. The minimum absolute atomic E-state index is 0.0575. The Morgan fingerprint density at radius 2 is 2.04 bits per heavy atom. The highest BCUT2D eigenvalue weighted by molar-refractivity contribution is 5.91. The zero-order valence-electron chi connectivity index (χ0n) is 14.7. The van der Waals surface area contributed by atoms with Crippen LogP contribution in [0.5, 0.6) is 5.75 Å². The van der Waals surface area contributed by atoms with E-state index in [1.165, 1.54) is 32.4 Å². The highest BCUT2D eigenvalue weighted by Gasteiger charge is 2.28. The van der Waals surface area contributed by atoms with Crippen LogP contribution in [-0.2, 0) is 0 Å². The van der Waals surface area contributed by atoms with Gasteiger partial charge in [-0.1, -0.05) is 24.5 Å². The van der Waals surface area contributed by atoms with Gasteiger partial charge in [0, 0.05) is 19.6 Å². The maximum Gasteiger partial charge on any atom is 0.321 e. The molecule has 0 radical (unpaired) electrons. The fourth-order valence-electron chi connectivity index (χ4n) is 3.68. The number of hydrogen-bond donors (Lipinski definition) is 1. The van der Waals surface area contributed by atoms with Crippen LogP contribution >= 0.6 is 0 Å². The molecule has 0 bridgehead atoms. The lowest BCUT2D eigenvalue weighted by Gasteiger charge is -2.29. The van der Waals surface area contributed by atoms with E-state index in [2.05, 4.69) is 16.1 Å². The number of para-hydroxylation sites is 2. The van der Waals surface area contributed by atoms with Crippen LogP contribution in [0, 0.1) is 18.3 Å². The molecule has 1 aromatic rings. The molecule has 1 N–H and O–H groups in total. The summed E-state index contributed by atoms with van der Waals surface area (Å²) in [7, 11) is 0. The van der Waals surface area contributed by atoms with E-state index < -0.39 is 0 Å². The smallest absolute Gasteiger partial charge is 0.321 e. The largest absolute Gasteiger partial charge is 0.479 e. The summed E-state index contributed by atoms with van der Waals surface area (Å²) in [5.41, 5.74) is 0.669. The zero-order chi connectivity index (χ0) is 17.5. The third-order valence-corrected chi connectivity index (χ3v) is 4.98. The van der Waals surface area contributed by atoms with Gasteiger partial charge < -0.3 is 19.9 Å². The van der Waals surface area contributed by atoms with Gasteiger partial charge in [0.15, 0.2) is 0 Å². The molecule has 1 aromatic carbocycles. The fourth-order valence-corrected chi connectivity index (χ4v) is 3.68. The number of hydrogen-bond acceptors (Lipinski definition) is 3. The first-order valence-corrected chi connectivity index (χ1v) is 9.20. The van der Waals surface area contributed by atoms with Crippen molar-refractivity contribution in [3.63, 3.8) is 0 Å². The Labute approximate surface area is 150 Å². The van der Waals surface area contributed by atoms with Crippen LogP contribution in [0.3, 0.4) is 0 Å². The summed E-state index contributed by atoms with van der Waals surface area (Å²) < 4.78 is 5.50. The zero-order valence-corrected chi connectivity index (χ0v) is 14.7. The van der Waals surface area contributed by atoms with Gasteiger partial charge in [-0.05, 0) is 50.4 Å². The van der Waals surface area contributed by atoms with Gasteiger partial charge in [0.05, 0.1) is 5.69 Å². The lowest BCUT2D eigenvalue weighted by Crippen LogP contribution is -2.37. The molecule has 0 spiro atoms. The number of carbonyl (C=O) groups is 1. The number of nitrogens with zero attached hydrogens (tertiary/aromatic N) is 2. The van der Waals surface area contributed by atoms with Crippen LogP contribution in [-0.4, -0.2) is 55.2 Å². The van der Waals surface area contributed by atoms with Crippen molar-refractivity contribution in [2.75, 3.05) is 44.6 Å². The maximum absolute atomic E-state index is 12.6. The predicted octanol–water partition coefficient (Wildman–Crippen LogP) is 3.04. The van der Waals surface area contributed by atoms with Crippen molar-refractivity contribution in [3.8, 4) is 18.1 Å². The van der Waals surface area contributed by atoms with Gasteiger partial charge in [-0.3, -0.25) is 0 Å². The summed E-state index contributed by atoms with van der Waals surface area (Å²) in [6.07, 6.45) is 10.3. The molecule has 2 aliphatic heterocycles. The SMILES string of the molecule is C#CCOc1ccccc1NC(=O)N1CCC(CN2CCCCC2)C1. The normalized spacial score (nSPS) is 20.9. The van der Waals surface area contributed by atoms with Crippen LogP contribution in [0.2, 0.25) is 0 Å². The van der Waals surface area contributed by atoms with E-state index in [1.807, 2.05) is 29.2 Å². The second-order valence-electron chi connectivity index (χ2n) is 6.88. The number of benzene rings is 1. The van der Waals surface area contributed by atoms with Gasteiger partial charge in [0.1, 0.15) is 12.4 Å². The summed E-state index contributed by atoms with van der Waals surface area (Å²) in [5.74, 6) is 3.64. The molecule has 0 saturated carbocycles. The van der Waals surface area contributed by atoms with Crippen molar-refractivity contribution in [1.82, 2.24) is 9.80 Å². The van der Waals surface area contributed by atoms with Crippen LogP contribution in [0.25, 0.3) is 0 Å². The summed E-state index contributed by atoms with van der Waals surface area (Å²) in [4.78, 5) is 17.0. The van der Waals surface area contributed by atoms with Crippen molar-refractivity contribution in [3.05, 3.63) is 24.3 Å². The van der Waals surface area contributed by atoms with Crippen LogP contribution in [0.15, 0.2) is 24.3 Å². The van der Waals surface area contributed by atoms with E-state index in [1.54, 1.807) is 0 Å². The monoisotopic (exact) mass is 341 g/mol. The standard InChI is InChI=1S/C20H27N3O2/c1-2-14-25-19-9-5-4-8-18(19)21-20(24)23-13-10-17(16-23)15-22-11-6-3-7-12-22/h1,4-5,8-9,17H,3,6-7,10-16H2,(H,21,24). The third kappa shape index (κ3) is 4.90. The van der Waals surface area contributed by atoms with E-state index in [0.717, 1.165) is 26.1 Å². The topological polar surface area (TPSA) is 44.8 Å². The van der Waals surface area contributed by atoms with E-state index in [0.29, 0.717) is 17.4 Å². The van der Waals surface area contributed by atoms with Crippen molar-refractivity contribution >= 4 is 11.7 Å². The predicted molar refractivity (Wildman–Crippen MR) is 99.8 cm³/mol. The average molecular weight is 341 g/mol. The number of likely N-dealkylation sites (tertiary alicyclic amines) is 2. The molecule has 5 heteroatoms. The molecule has 134 valence electrons. The van der Waals surface area contributed by atoms with Crippen molar-refractivity contribution in [2.24, 2.45) is 5.92 Å². The number of nitrogens with one attached hydrogen (secondary N) is 1. The highest BCUT2D eigenvalue weighted by Crippen LogP contribution is 2.25. The van der Waals surface area contributed by atoms with E-state index >= 15 is 0 Å². The first kappa shape index (κ1) is 17.6. The second-order valence-corrected chi connectivity index (χ2v) is 6.88. The van der Waals surface area contributed by atoms with Crippen LogP contribution < -0.4 is 10.1 Å². The molecule has 5 nitrogen and oxygen atoms in total. The molecule has 1 unspecified atom stereocenters. The summed E-state index contributed by atoms with van der Waals surface area (Å²) in [6, 6.07) is 7.34. The van der Waals surface area contributed by atoms with Gasteiger partial charge in [0.25, 0.3) is 0 Å². The van der Waals surface area contributed by atoms with E-state index in [9.17, 15) is 4.79 Å². The van der Waals surface area contributed by atoms with Gasteiger partial charge in [0.2, 0.25) is 0 Å². The van der Waals surface area contributed by atoms with Crippen molar-refractivity contribution < 1.29 is 9.53 Å². The third-order valence-electron chi connectivity index (χ3n) is 4.98. The average Bonchev–Trinajstić information content (AvgIpc) is 3.10. The molecule has 1 atom stereocenters. The van der Waals surface area contributed by atoms with Crippen molar-refractivity contribution in [2.45, 2.75) is 25.7 Å². The Morgan fingerprint density at radius 3 is 2.84 bits per heavy atom. The molecule has 2 saturated heterocycles. The maximum atomic E-state index is 12.6. The Bertz CT molecular complexity index is 620. The summed E-state index contributed by atoms with van der Waals surface area (Å²) in [6.45, 7) is 5.37. The summed E-state index contributed by atoms with van der Waals surface area (Å²) >= 11 is 0. The molecule has 2 amide bonds. The first-order valence-electron chi connectivity index (χ1n) is 9.20. The Balaban J connectivity index is 1.51. The fraction of sp³-hybridized carbons (Fsp3) is 0.550. The molecule has 3 rings (SSSR count). The number of ether oxygens (including phenoxy) is 1. The number of rotatable bonds is 5. The molecular formula is C20H27N3O2. The minimum Gasteiger partial charge on any atom is -0.479 e. The second kappa shape index (κ2) is 8.77. The first-order chi connectivity index (χ1) is 12.3. The molecular weight excluding hydrogens is 314 g/mol. The Kier molecular flexibility index (Phi) is 6.19. The molecule has 2 aliphatic rings. The molecule has 2 fully saturated rings. The van der Waals surface area contributed by atoms with Crippen LogP contribution in [0.1, 0.15) is 25.7 Å². The number of piperidine rings is 1. The molecule has 0 aromatic heterocycles. The lowest BCUT2D eigenvalue weighted by molar-refractivity contribution is 0.192. The molecule has 2 heterocycles. The van der Waals surface area contributed by atoms with E-state index in [-0.39, 0.29) is 12.6 Å². The van der Waals surface area contributed by atoms with Gasteiger partial charge in [-0.15, -0.1) is 6.42 Å². The highest BCUT2D eigenvalue weighted by atomic mass is 16.5. The number of terminal acetylenes is 1. The number of amides is 2. The van der Waals surface area contributed by atoms with Crippen LogP contribution in [0.4, 0.5) is 10.5 Å². The molecule has 25 heavy (non-hydrogen) atoms.